The van der Waals surface area contributed by atoms with Crippen molar-refractivity contribution in [2.75, 3.05) is 23.7 Å². The third-order valence-electron chi connectivity index (χ3n) is 5.83. The molecule has 34 heavy (non-hydrogen) atoms. The minimum absolute atomic E-state index is 0.0242. The summed E-state index contributed by atoms with van der Waals surface area (Å²) in [6.07, 6.45) is 2.41. The highest BCUT2D eigenvalue weighted by molar-refractivity contribution is 7.92. The number of nitrogens with one attached hydrogen (secondary N) is 1. The number of carbonyl (C=O) groups excluding carboxylic acids is 2. The maximum atomic E-state index is 13.5. The molecule has 0 aromatic heterocycles. The van der Waals surface area contributed by atoms with E-state index in [0.717, 1.165) is 33.7 Å². The molecule has 2 aromatic rings. The van der Waals surface area contributed by atoms with Crippen molar-refractivity contribution in [1.29, 1.82) is 0 Å². The highest BCUT2D eigenvalue weighted by atomic mass is 32.2. The summed E-state index contributed by atoms with van der Waals surface area (Å²) < 4.78 is 26.4. The number of rotatable bonds is 11. The molecule has 186 valence electrons. The van der Waals surface area contributed by atoms with Crippen LogP contribution in [0.5, 0.6) is 0 Å². The van der Waals surface area contributed by atoms with Crippen molar-refractivity contribution in [1.82, 2.24) is 10.2 Å². The second-order valence-corrected chi connectivity index (χ2v) is 10.8. The molecule has 0 bridgehead atoms. The second-order valence-electron chi connectivity index (χ2n) is 8.93. The van der Waals surface area contributed by atoms with E-state index in [-0.39, 0.29) is 18.5 Å². The summed E-state index contributed by atoms with van der Waals surface area (Å²) in [5.74, 6) is -0.680. The summed E-state index contributed by atoms with van der Waals surface area (Å²) >= 11 is 0. The zero-order valence-corrected chi connectivity index (χ0v) is 21.9. The number of benzene rings is 2. The van der Waals surface area contributed by atoms with E-state index in [2.05, 4.69) is 5.32 Å². The molecule has 0 aliphatic heterocycles. The Hall–Kier alpha value is -2.87. The van der Waals surface area contributed by atoms with Crippen LogP contribution < -0.4 is 9.62 Å². The van der Waals surface area contributed by atoms with Gasteiger partial charge in [-0.1, -0.05) is 43.3 Å². The Morgan fingerprint density at radius 1 is 1.00 bits per heavy atom. The SMILES string of the molecule is CC[C@@H](C)NC(=O)[C@H](C)N(CCc1ccccc1)C(=O)CN(c1cc(C)cc(C)c1)S(C)(=O)=O. The van der Waals surface area contributed by atoms with Crippen LogP contribution in [0.4, 0.5) is 5.69 Å². The van der Waals surface area contributed by atoms with Crippen LogP contribution in [0.2, 0.25) is 0 Å². The lowest BCUT2D eigenvalue weighted by molar-refractivity contribution is -0.139. The fourth-order valence-corrected chi connectivity index (χ4v) is 4.58. The Bertz CT molecular complexity index is 1070. The molecule has 0 spiro atoms. The normalized spacial score (nSPS) is 13.1. The van der Waals surface area contributed by atoms with E-state index >= 15 is 0 Å². The van der Waals surface area contributed by atoms with Crippen molar-refractivity contribution >= 4 is 27.5 Å². The van der Waals surface area contributed by atoms with Gasteiger partial charge in [-0.2, -0.15) is 0 Å². The average Bonchev–Trinajstić information content (AvgIpc) is 2.76. The smallest absolute Gasteiger partial charge is 0.244 e. The zero-order valence-electron chi connectivity index (χ0n) is 21.0. The van der Waals surface area contributed by atoms with E-state index < -0.39 is 22.0 Å². The Morgan fingerprint density at radius 3 is 2.12 bits per heavy atom. The van der Waals surface area contributed by atoms with Crippen LogP contribution in [0.1, 0.15) is 43.9 Å². The number of hydrogen-bond acceptors (Lipinski definition) is 4. The Balaban J connectivity index is 2.34. The lowest BCUT2D eigenvalue weighted by Gasteiger charge is -2.32. The highest BCUT2D eigenvalue weighted by Gasteiger charge is 2.30. The number of nitrogens with zero attached hydrogens (tertiary/aromatic N) is 2. The molecule has 2 rings (SSSR count). The summed E-state index contributed by atoms with van der Waals surface area (Å²) in [7, 11) is -3.73. The maximum absolute atomic E-state index is 13.5. The molecule has 1 N–H and O–H groups in total. The van der Waals surface area contributed by atoms with Crippen molar-refractivity contribution in [3.05, 3.63) is 65.2 Å². The van der Waals surface area contributed by atoms with Gasteiger partial charge in [0.05, 0.1) is 11.9 Å². The number of amides is 2. The molecule has 7 nitrogen and oxygen atoms in total. The molecule has 0 aliphatic rings. The summed E-state index contributed by atoms with van der Waals surface area (Å²) in [4.78, 5) is 27.9. The lowest BCUT2D eigenvalue weighted by atomic mass is 10.1. The van der Waals surface area contributed by atoms with Crippen LogP contribution >= 0.6 is 0 Å². The van der Waals surface area contributed by atoms with Crippen molar-refractivity contribution in [3.63, 3.8) is 0 Å². The fourth-order valence-electron chi connectivity index (χ4n) is 3.74. The topological polar surface area (TPSA) is 86.8 Å². The van der Waals surface area contributed by atoms with Gasteiger partial charge in [-0.05, 0) is 69.4 Å². The van der Waals surface area contributed by atoms with E-state index in [9.17, 15) is 18.0 Å². The number of hydrogen-bond donors (Lipinski definition) is 1. The van der Waals surface area contributed by atoms with Gasteiger partial charge in [0.25, 0.3) is 0 Å². The first-order chi connectivity index (χ1) is 15.9. The summed E-state index contributed by atoms with van der Waals surface area (Å²) in [6, 6.07) is 14.4. The standard InChI is InChI=1S/C26H37N3O4S/c1-7-21(4)27-26(31)22(5)28(14-13-23-11-9-8-10-12-23)25(30)18-29(34(6,32)33)24-16-19(2)15-20(3)17-24/h8-12,15-17,21-22H,7,13-14,18H2,1-6H3,(H,27,31)/t21-,22+/m1/s1. The molecule has 0 unspecified atom stereocenters. The van der Waals surface area contributed by atoms with E-state index in [0.29, 0.717) is 18.7 Å². The van der Waals surface area contributed by atoms with E-state index in [1.165, 1.54) is 4.90 Å². The molecule has 0 heterocycles. The second kappa shape index (κ2) is 12.0. The predicted molar refractivity (Wildman–Crippen MR) is 137 cm³/mol. The first-order valence-corrected chi connectivity index (χ1v) is 13.5. The van der Waals surface area contributed by atoms with Gasteiger partial charge in [0.15, 0.2) is 0 Å². The first-order valence-electron chi connectivity index (χ1n) is 11.6. The van der Waals surface area contributed by atoms with Crippen molar-refractivity contribution in [2.24, 2.45) is 0 Å². The molecule has 0 saturated heterocycles. The van der Waals surface area contributed by atoms with Crippen molar-refractivity contribution in [3.8, 4) is 0 Å². The van der Waals surface area contributed by atoms with E-state index in [1.807, 2.05) is 64.1 Å². The van der Waals surface area contributed by atoms with Crippen LogP contribution in [-0.2, 0) is 26.0 Å². The Labute approximate surface area is 204 Å². The minimum Gasteiger partial charge on any atom is -0.352 e. The molecular weight excluding hydrogens is 450 g/mol. The molecule has 2 aromatic carbocycles. The number of anilines is 1. The van der Waals surface area contributed by atoms with Gasteiger partial charge >= 0.3 is 0 Å². The van der Waals surface area contributed by atoms with E-state index in [4.69, 9.17) is 0 Å². The average molecular weight is 488 g/mol. The van der Waals surface area contributed by atoms with Gasteiger partial charge in [0, 0.05) is 12.6 Å². The molecule has 0 aliphatic carbocycles. The molecule has 2 atom stereocenters. The Kier molecular flexibility index (Phi) is 9.67. The van der Waals surface area contributed by atoms with Gasteiger partial charge in [0.2, 0.25) is 21.8 Å². The number of aryl methyl sites for hydroxylation is 2. The van der Waals surface area contributed by atoms with Crippen LogP contribution in [0.15, 0.2) is 48.5 Å². The molecule has 0 fully saturated rings. The van der Waals surface area contributed by atoms with Gasteiger partial charge < -0.3 is 10.2 Å². The number of carbonyl (C=O) groups is 2. The van der Waals surface area contributed by atoms with Crippen LogP contribution in [0.25, 0.3) is 0 Å². The van der Waals surface area contributed by atoms with Gasteiger partial charge in [0.1, 0.15) is 12.6 Å². The third kappa shape index (κ3) is 7.87. The largest absolute Gasteiger partial charge is 0.352 e. The van der Waals surface area contributed by atoms with Crippen LogP contribution in [0, 0.1) is 13.8 Å². The molecule has 0 radical (unpaired) electrons. The molecule has 0 saturated carbocycles. The first kappa shape index (κ1) is 27.4. The predicted octanol–water partition coefficient (Wildman–Crippen LogP) is 3.44. The van der Waals surface area contributed by atoms with Crippen molar-refractivity contribution < 1.29 is 18.0 Å². The quantitative estimate of drug-likeness (QED) is 0.526. The van der Waals surface area contributed by atoms with E-state index in [1.54, 1.807) is 19.1 Å². The zero-order chi connectivity index (χ0) is 25.5. The van der Waals surface area contributed by atoms with Gasteiger partial charge in [-0.15, -0.1) is 0 Å². The van der Waals surface area contributed by atoms with Crippen molar-refractivity contribution in [2.45, 2.75) is 59.5 Å². The maximum Gasteiger partial charge on any atom is 0.244 e. The van der Waals surface area contributed by atoms with Gasteiger partial charge in [-0.25, -0.2) is 8.42 Å². The fraction of sp³-hybridized carbons (Fsp3) is 0.462. The lowest BCUT2D eigenvalue weighted by Crippen LogP contribution is -2.53. The summed E-state index contributed by atoms with van der Waals surface area (Å²) in [5.41, 5.74) is 3.27. The van der Waals surface area contributed by atoms with Crippen LogP contribution in [-0.4, -0.2) is 56.6 Å². The summed E-state index contributed by atoms with van der Waals surface area (Å²) in [6.45, 7) is 9.24. The molecular formula is C26H37N3O4S. The molecule has 2 amide bonds. The molecule has 8 heteroatoms. The third-order valence-corrected chi connectivity index (χ3v) is 6.97. The Morgan fingerprint density at radius 2 is 1.59 bits per heavy atom. The van der Waals surface area contributed by atoms with Crippen LogP contribution in [0.3, 0.4) is 0 Å². The monoisotopic (exact) mass is 487 g/mol. The summed E-state index contributed by atoms with van der Waals surface area (Å²) in [5, 5.41) is 2.93. The number of sulfonamides is 1. The highest BCUT2D eigenvalue weighted by Crippen LogP contribution is 2.22. The van der Waals surface area contributed by atoms with Gasteiger partial charge in [-0.3, -0.25) is 13.9 Å². The minimum atomic E-state index is -3.73.